The van der Waals surface area contributed by atoms with E-state index in [4.69, 9.17) is 9.47 Å². The topological polar surface area (TPSA) is 30.5 Å². The van der Waals surface area contributed by atoms with Gasteiger partial charge in [-0.2, -0.15) is 0 Å². The van der Waals surface area contributed by atoms with Crippen LogP contribution in [0.2, 0.25) is 0 Å². The third-order valence-corrected chi connectivity index (χ3v) is 3.29. The number of ether oxygens (including phenoxy) is 2. The summed E-state index contributed by atoms with van der Waals surface area (Å²) in [4.78, 5) is 0. The Morgan fingerprint density at radius 2 is 1.59 bits per heavy atom. The maximum absolute atomic E-state index is 5.70. The van der Waals surface area contributed by atoms with E-state index in [0.29, 0.717) is 19.8 Å². The molecule has 22 heavy (non-hydrogen) atoms. The van der Waals surface area contributed by atoms with Crippen LogP contribution in [0, 0.1) is 13.8 Å². The van der Waals surface area contributed by atoms with Gasteiger partial charge in [-0.1, -0.05) is 36.4 Å². The summed E-state index contributed by atoms with van der Waals surface area (Å²) in [7, 11) is 0. The first-order valence-electron chi connectivity index (χ1n) is 7.77. The molecule has 2 aromatic rings. The summed E-state index contributed by atoms with van der Waals surface area (Å²) < 4.78 is 11.3. The van der Waals surface area contributed by atoms with Crippen molar-refractivity contribution in [3.05, 3.63) is 65.2 Å². The second kappa shape index (κ2) is 9.23. The monoisotopic (exact) mass is 299 g/mol. The van der Waals surface area contributed by atoms with Crippen LogP contribution in [0.25, 0.3) is 0 Å². The van der Waals surface area contributed by atoms with Crippen molar-refractivity contribution in [2.75, 3.05) is 26.4 Å². The molecule has 0 aromatic heterocycles. The fourth-order valence-electron chi connectivity index (χ4n) is 2.31. The molecule has 0 aliphatic carbocycles. The van der Waals surface area contributed by atoms with Crippen molar-refractivity contribution < 1.29 is 9.47 Å². The fourth-order valence-corrected chi connectivity index (χ4v) is 2.31. The molecule has 0 heterocycles. The van der Waals surface area contributed by atoms with Crippen LogP contribution in [0.3, 0.4) is 0 Å². The van der Waals surface area contributed by atoms with Gasteiger partial charge in [0.05, 0.1) is 13.2 Å². The molecule has 0 fully saturated rings. The van der Waals surface area contributed by atoms with E-state index in [1.54, 1.807) is 0 Å². The molecule has 3 heteroatoms. The smallest absolute Gasteiger partial charge is 0.119 e. The van der Waals surface area contributed by atoms with Crippen LogP contribution in [0.4, 0.5) is 0 Å². The second-order valence-corrected chi connectivity index (χ2v) is 5.45. The lowest BCUT2D eigenvalue weighted by atomic mass is 10.1. The molecule has 0 amide bonds. The Bertz CT molecular complexity index is 534. The summed E-state index contributed by atoms with van der Waals surface area (Å²) in [5.41, 5.74) is 3.74. The molecule has 2 aromatic carbocycles. The van der Waals surface area contributed by atoms with Crippen LogP contribution in [-0.4, -0.2) is 26.4 Å². The van der Waals surface area contributed by atoms with Crippen LogP contribution in [0.15, 0.2) is 48.5 Å². The molecular weight excluding hydrogens is 274 g/mol. The zero-order valence-electron chi connectivity index (χ0n) is 13.5. The quantitative estimate of drug-likeness (QED) is 0.719. The van der Waals surface area contributed by atoms with Crippen molar-refractivity contribution in [3.63, 3.8) is 0 Å². The van der Waals surface area contributed by atoms with Crippen molar-refractivity contribution in [3.8, 4) is 5.75 Å². The highest BCUT2D eigenvalue weighted by molar-refractivity contribution is 5.32. The zero-order chi connectivity index (χ0) is 15.6. The average molecular weight is 299 g/mol. The van der Waals surface area contributed by atoms with Gasteiger partial charge in [-0.3, -0.25) is 0 Å². The zero-order valence-corrected chi connectivity index (χ0v) is 13.5. The van der Waals surface area contributed by atoms with E-state index in [-0.39, 0.29) is 0 Å². The van der Waals surface area contributed by atoms with Gasteiger partial charge in [-0.15, -0.1) is 0 Å². The number of hydrogen-bond acceptors (Lipinski definition) is 3. The van der Waals surface area contributed by atoms with E-state index < -0.39 is 0 Å². The lowest BCUT2D eigenvalue weighted by Crippen LogP contribution is -2.20. The molecule has 0 atom stereocenters. The predicted octanol–water partition coefficient (Wildman–Crippen LogP) is 3.49. The molecule has 0 saturated heterocycles. The first kappa shape index (κ1) is 16.5. The Kier molecular flexibility index (Phi) is 6.94. The molecular formula is C19H25NO2. The Morgan fingerprint density at radius 3 is 2.32 bits per heavy atom. The van der Waals surface area contributed by atoms with E-state index in [9.17, 15) is 0 Å². The molecule has 1 N–H and O–H groups in total. The van der Waals surface area contributed by atoms with Gasteiger partial charge in [-0.05, 0) is 42.7 Å². The van der Waals surface area contributed by atoms with Crippen LogP contribution in [0.5, 0.6) is 5.75 Å². The van der Waals surface area contributed by atoms with E-state index in [1.165, 1.54) is 16.7 Å². The summed E-state index contributed by atoms with van der Waals surface area (Å²) in [5, 5.41) is 3.36. The number of aryl methyl sites for hydroxylation is 2. The Hall–Kier alpha value is -1.84. The highest BCUT2D eigenvalue weighted by atomic mass is 16.5. The molecule has 0 aliphatic heterocycles. The van der Waals surface area contributed by atoms with Gasteiger partial charge >= 0.3 is 0 Å². The Labute approximate surface area is 133 Å². The summed E-state index contributed by atoms with van der Waals surface area (Å²) in [5.74, 6) is 0.920. The van der Waals surface area contributed by atoms with Crippen molar-refractivity contribution in [1.82, 2.24) is 5.32 Å². The van der Waals surface area contributed by atoms with Crippen LogP contribution in [-0.2, 0) is 11.3 Å². The third-order valence-electron chi connectivity index (χ3n) is 3.29. The summed E-state index contributed by atoms with van der Waals surface area (Å²) in [6.07, 6.45) is 0. The van der Waals surface area contributed by atoms with Gasteiger partial charge in [0.2, 0.25) is 0 Å². The van der Waals surface area contributed by atoms with Gasteiger partial charge in [-0.25, -0.2) is 0 Å². The maximum atomic E-state index is 5.70. The summed E-state index contributed by atoms with van der Waals surface area (Å²) in [6.45, 7) is 7.77. The molecule has 0 spiro atoms. The highest BCUT2D eigenvalue weighted by Gasteiger charge is 1.97. The van der Waals surface area contributed by atoms with Crippen LogP contribution >= 0.6 is 0 Å². The molecule has 118 valence electrons. The Balaban J connectivity index is 1.51. The average Bonchev–Trinajstić information content (AvgIpc) is 2.50. The lowest BCUT2D eigenvalue weighted by Gasteiger charge is -2.09. The summed E-state index contributed by atoms with van der Waals surface area (Å²) >= 11 is 0. The minimum absolute atomic E-state index is 0.585. The van der Waals surface area contributed by atoms with Crippen molar-refractivity contribution in [2.45, 2.75) is 20.4 Å². The molecule has 0 saturated carbocycles. The molecule has 0 radical (unpaired) electrons. The van der Waals surface area contributed by atoms with Crippen LogP contribution < -0.4 is 10.1 Å². The number of nitrogens with one attached hydrogen (secondary N) is 1. The number of hydrogen-bond donors (Lipinski definition) is 1. The van der Waals surface area contributed by atoms with Crippen molar-refractivity contribution in [2.24, 2.45) is 0 Å². The molecule has 0 unspecified atom stereocenters. The lowest BCUT2D eigenvalue weighted by molar-refractivity contribution is 0.102. The van der Waals surface area contributed by atoms with Crippen molar-refractivity contribution in [1.29, 1.82) is 0 Å². The first-order chi connectivity index (χ1) is 10.7. The van der Waals surface area contributed by atoms with Gasteiger partial charge < -0.3 is 14.8 Å². The van der Waals surface area contributed by atoms with Gasteiger partial charge in [0.1, 0.15) is 12.4 Å². The molecule has 3 nitrogen and oxygen atoms in total. The third kappa shape index (κ3) is 6.29. The molecule has 2 rings (SSSR count). The van der Waals surface area contributed by atoms with Crippen LogP contribution in [0.1, 0.15) is 16.7 Å². The summed E-state index contributed by atoms with van der Waals surface area (Å²) in [6, 6.07) is 16.6. The van der Waals surface area contributed by atoms with Gasteiger partial charge in [0.15, 0.2) is 0 Å². The molecule has 0 aliphatic rings. The standard InChI is InChI=1S/C19H25NO2/c1-16-12-17(2)14-19(13-16)22-11-10-21-9-8-20-15-18-6-4-3-5-7-18/h3-7,12-14,20H,8-11,15H2,1-2H3. The minimum Gasteiger partial charge on any atom is -0.491 e. The van der Waals surface area contributed by atoms with E-state index in [1.807, 2.05) is 6.07 Å². The SMILES string of the molecule is Cc1cc(C)cc(OCCOCCNCc2ccccc2)c1. The number of rotatable bonds is 9. The largest absolute Gasteiger partial charge is 0.491 e. The first-order valence-corrected chi connectivity index (χ1v) is 7.77. The fraction of sp³-hybridized carbons (Fsp3) is 0.368. The van der Waals surface area contributed by atoms with E-state index >= 15 is 0 Å². The van der Waals surface area contributed by atoms with Crippen molar-refractivity contribution >= 4 is 0 Å². The predicted molar refractivity (Wildman–Crippen MR) is 90.4 cm³/mol. The second-order valence-electron chi connectivity index (χ2n) is 5.45. The van der Waals surface area contributed by atoms with E-state index in [0.717, 1.165) is 18.8 Å². The number of benzene rings is 2. The molecule has 0 bridgehead atoms. The highest BCUT2D eigenvalue weighted by Crippen LogP contribution is 2.15. The van der Waals surface area contributed by atoms with Gasteiger partial charge in [0.25, 0.3) is 0 Å². The minimum atomic E-state index is 0.585. The maximum Gasteiger partial charge on any atom is 0.119 e. The van der Waals surface area contributed by atoms with E-state index in [2.05, 4.69) is 61.6 Å². The Morgan fingerprint density at radius 1 is 0.864 bits per heavy atom. The normalized spacial score (nSPS) is 10.6. The van der Waals surface area contributed by atoms with Gasteiger partial charge in [0, 0.05) is 13.1 Å².